The summed E-state index contributed by atoms with van der Waals surface area (Å²) in [5.74, 6) is 0.935. The molecule has 3 aromatic carbocycles. The predicted molar refractivity (Wildman–Crippen MR) is 97.0 cm³/mol. The Labute approximate surface area is 143 Å². The molecular formula is C22H22O2. The maximum Gasteiger partial charge on any atom is 0.123 e. The maximum absolute atomic E-state index is 5.98. The Hall–Kier alpha value is -2.58. The summed E-state index contributed by atoms with van der Waals surface area (Å²) in [6, 6.07) is 28.6. The van der Waals surface area contributed by atoms with Crippen LogP contribution in [-0.4, -0.2) is 6.61 Å². The van der Waals surface area contributed by atoms with Gasteiger partial charge < -0.3 is 9.47 Å². The summed E-state index contributed by atoms with van der Waals surface area (Å²) in [5, 5.41) is 0. The second-order valence-electron chi connectivity index (χ2n) is 5.67. The van der Waals surface area contributed by atoms with E-state index in [4.69, 9.17) is 9.47 Å². The van der Waals surface area contributed by atoms with Gasteiger partial charge in [-0.15, -0.1) is 0 Å². The van der Waals surface area contributed by atoms with E-state index in [9.17, 15) is 0 Å². The Morgan fingerprint density at radius 1 is 0.583 bits per heavy atom. The minimum Gasteiger partial charge on any atom is -0.489 e. The fourth-order valence-corrected chi connectivity index (χ4v) is 2.53. The number of para-hydroxylation sites is 1. The van der Waals surface area contributed by atoms with E-state index in [0.717, 1.165) is 12.2 Å². The molecule has 3 rings (SSSR count). The first-order valence-corrected chi connectivity index (χ1v) is 8.28. The number of ether oxygens (including phenoxy) is 2. The Kier molecular flexibility index (Phi) is 6.04. The molecule has 0 spiro atoms. The van der Waals surface area contributed by atoms with Crippen LogP contribution in [0.1, 0.15) is 16.7 Å². The summed E-state index contributed by atoms with van der Waals surface area (Å²) >= 11 is 0. The van der Waals surface area contributed by atoms with E-state index in [2.05, 4.69) is 30.3 Å². The van der Waals surface area contributed by atoms with Crippen molar-refractivity contribution in [1.29, 1.82) is 0 Å². The lowest BCUT2D eigenvalue weighted by atomic mass is 10.1. The molecule has 0 fully saturated rings. The molecule has 0 radical (unpaired) electrons. The van der Waals surface area contributed by atoms with Crippen LogP contribution in [0, 0.1) is 0 Å². The SMILES string of the molecule is c1ccc(COCCc2ccccc2OCc2ccccc2)cc1. The lowest BCUT2D eigenvalue weighted by Crippen LogP contribution is -2.02. The summed E-state index contributed by atoms with van der Waals surface area (Å²) in [4.78, 5) is 0. The molecule has 24 heavy (non-hydrogen) atoms. The van der Waals surface area contributed by atoms with Gasteiger partial charge in [-0.05, 0) is 29.2 Å². The molecule has 0 aliphatic rings. The van der Waals surface area contributed by atoms with Gasteiger partial charge in [0.15, 0.2) is 0 Å². The topological polar surface area (TPSA) is 18.5 Å². The highest BCUT2D eigenvalue weighted by Gasteiger charge is 2.04. The Balaban J connectivity index is 1.50. The molecule has 0 unspecified atom stereocenters. The Bertz CT molecular complexity index is 723. The maximum atomic E-state index is 5.98. The lowest BCUT2D eigenvalue weighted by Gasteiger charge is -2.12. The zero-order valence-electron chi connectivity index (χ0n) is 13.7. The predicted octanol–water partition coefficient (Wildman–Crippen LogP) is 5.02. The molecule has 0 saturated carbocycles. The first-order chi connectivity index (χ1) is 11.9. The standard InChI is InChI=1S/C22H22O2/c1-3-9-19(10-4-1)17-23-16-15-21-13-7-8-14-22(21)24-18-20-11-5-2-6-12-20/h1-14H,15-18H2. The van der Waals surface area contributed by atoms with Gasteiger partial charge in [-0.2, -0.15) is 0 Å². The molecule has 122 valence electrons. The van der Waals surface area contributed by atoms with E-state index in [1.807, 2.05) is 54.6 Å². The van der Waals surface area contributed by atoms with Gasteiger partial charge >= 0.3 is 0 Å². The molecule has 0 bridgehead atoms. The van der Waals surface area contributed by atoms with Crippen LogP contribution in [0.5, 0.6) is 5.75 Å². The molecule has 0 aromatic heterocycles. The fourth-order valence-electron chi connectivity index (χ4n) is 2.53. The van der Waals surface area contributed by atoms with Crippen molar-refractivity contribution in [3.8, 4) is 5.75 Å². The Morgan fingerprint density at radius 3 is 1.88 bits per heavy atom. The molecule has 3 aromatic rings. The third kappa shape index (κ3) is 4.97. The van der Waals surface area contributed by atoms with Gasteiger partial charge in [0.05, 0.1) is 13.2 Å². The second-order valence-corrected chi connectivity index (χ2v) is 5.67. The van der Waals surface area contributed by atoms with Gasteiger partial charge in [-0.1, -0.05) is 78.9 Å². The van der Waals surface area contributed by atoms with Crippen molar-refractivity contribution in [2.45, 2.75) is 19.6 Å². The van der Waals surface area contributed by atoms with Crippen molar-refractivity contribution >= 4 is 0 Å². The number of benzene rings is 3. The summed E-state index contributed by atoms with van der Waals surface area (Å²) in [5.41, 5.74) is 3.56. The van der Waals surface area contributed by atoms with Crippen LogP contribution in [0.4, 0.5) is 0 Å². The summed E-state index contributed by atoms with van der Waals surface area (Å²) in [7, 11) is 0. The zero-order valence-corrected chi connectivity index (χ0v) is 13.7. The molecular weight excluding hydrogens is 296 g/mol. The van der Waals surface area contributed by atoms with Crippen LogP contribution in [-0.2, 0) is 24.4 Å². The minimum absolute atomic E-state index is 0.586. The first kappa shape index (κ1) is 16.3. The highest BCUT2D eigenvalue weighted by atomic mass is 16.5. The van der Waals surface area contributed by atoms with Gasteiger partial charge in [0.2, 0.25) is 0 Å². The highest BCUT2D eigenvalue weighted by molar-refractivity contribution is 5.33. The lowest BCUT2D eigenvalue weighted by molar-refractivity contribution is 0.123. The van der Waals surface area contributed by atoms with Crippen molar-refractivity contribution in [2.24, 2.45) is 0 Å². The average Bonchev–Trinajstić information content (AvgIpc) is 2.66. The number of rotatable bonds is 8. The smallest absolute Gasteiger partial charge is 0.123 e. The molecule has 0 amide bonds. The molecule has 0 aliphatic carbocycles. The minimum atomic E-state index is 0.586. The quantitative estimate of drug-likeness (QED) is 0.543. The fraction of sp³-hybridized carbons (Fsp3) is 0.182. The van der Waals surface area contributed by atoms with Gasteiger partial charge in [-0.3, -0.25) is 0 Å². The van der Waals surface area contributed by atoms with Gasteiger partial charge in [-0.25, -0.2) is 0 Å². The number of hydrogen-bond acceptors (Lipinski definition) is 2. The van der Waals surface area contributed by atoms with E-state index < -0.39 is 0 Å². The third-order valence-corrected chi connectivity index (χ3v) is 3.84. The normalized spacial score (nSPS) is 10.5. The van der Waals surface area contributed by atoms with Crippen molar-refractivity contribution in [1.82, 2.24) is 0 Å². The molecule has 0 atom stereocenters. The average molecular weight is 318 g/mol. The molecule has 2 heteroatoms. The Morgan fingerprint density at radius 2 is 1.17 bits per heavy atom. The van der Waals surface area contributed by atoms with Crippen molar-refractivity contribution in [3.05, 3.63) is 102 Å². The summed E-state index contributed by atoms with van der Waals surface area (Å²) < 4.78 is 11.8. The van der Waals surface area contributed by atoms with Gasteiger partial charge in [0.25, 0.3) is 0 Å². The van der Waals surface area contributed by atoms with Crippen LogP contribution >= 0.6 is 0 Å². The van der Waals surface area contributed by atoms with E-state index in [1.54, 1.807) is 0 Å². The van der Waals surface area contributed by atoms with Crippen LogP contribution < -0.4 is 4.74 Å². The van der Waals surface area contributed by atoms with Crippen molar-refractivity contribution < 1.29 is 9.47 Å². The summed E-state index contributed by atoms with van der Waals surface area (Å²) in [6.45, 7) is 1.91. The molecule has 0 aliphatic heterocycles. The van der Waals surface area contributed by atoms with Crippen LogP contribution in [0.15, 0.2) is 84.9 Å². The van der Waals surface area contributed by atoms with E-state index >= 15 is 0 Å². The molecule has 2 nitrogen and oxygen atoms in total. The third-order valence-electron chi connectivity index (χ3n) is 3.84. The van der Waals surface area contributed by atoms with Crippen LogP contribution in [0.3, 0.4) is 0 Å². The molecule has 0 N–H and O–H groups in total. The van der Waals surface area contributed by atoms with E-state index in [1.165, 1.54) is 16.7 Å². The van der Waals surface area contributed by atoms with Gasteiger partial charge in [0, 0.05) is 0 Å². The second kappa shape index (κ2) is 8.90. The highest BCUT2D eigenvalue weighted by Crippen LogP contribution is 2.20. The van der Waals surface area contributed by atoms with E-state index in [0.29, 0.717) is 19.8 Å². The largest absolute Gasteiger partial charge is 0.489 e. The van der Waals surface area contributed by atoms with Gasteiger partial charge in [0.1, 0.15) is 12.4 Å². The van der Waals surface area contributed by atoms with Crippen LogP contribution in [0.2, 0.25) is 0 Å². The molecule has 0 heterocycles. The monoisotopic (exact) mass is 318 g/mol. The summed E-state index contributed by atoms with van der Waals surface area (Å²) in [6.07, 6.45) is 0.845. The van der Waals surface area contributed by atoms with Crippen molar-refractivity contribution in [2.75, 3.05) is 6.61 Å². The van der Waals surface area contributed by atoms with Crippen molar-refractivity contribution in [3.63, 3.8) is 0 Å². The first-order valence-electron chi connectivity index (χ1n) is 8.28. The number of hydrogen-bond donors (Lipinski definition) is 0. The zero-order chi connectivity index (χ0) is 16.5. The van der Waals surface area contributed by atoms with Crippen LogP contribution in [0.25, 0.3) is 0 Å². The molecule has 0 saturated heterocycles. The van der Waals surface area contributed by atoms with E-state index in [-0.39, 0.29) is 0 Å².